The first-order chi connectivity index (χ1) is 35.9. The van der Waals surface area contributed by atoms with Crippen LogP contribution < -0.4 is 42.5 Å². The molecule has 1 saturated heterocycles. The van der Waals surface area contributed by atoms with Crippen molar-refractivity contribution < 1.29 is 57.8 Å². The molecule has 0 saturated carbocycles. The van der Waals surface area contributed by atoms with Crippen molar-refractivity contribution in [2.45, 2.75) is 203 Å². The van der Waals surface area contributed by atoms with Gasteiger partial charge in [0.1, 0.15) is 48.3 Å². The molecule has 0 aromatic rings. The summed E-state index contributed by atoms with van der Waals surface area (Å²) in [6, 6.07) is -9.12. The number of amides is 11. The second-order valence-corrected chi connectivity index (χ2v) is 22.2. The number of nitrogens with one attached hydrogen (secondary N) is 8. The van der Waals surface area contributed by atoms with Crippen LogP contribution in [-0.2, 0) is 52.7 Å². The topological polar surface area (TPSA) is 314 Å². The first-order valence-electron chi connectivity index (χ1n) is 27.7. The van der Waals surface area contributed by atoms with E-state index in [1.54, 1.807) is 34.6 Å². The third-order valence-electron chi connectivity index (χ3n) is 14.3. The maximum absolute atomic E-state index is 14.2. The molecule has 1 heterocycles. The molecular formula is C54H97N11O12. The molecule has 3 unspecified atom stereocenters. The van der Waals surface area contributed by atoms with Gasteiger partial charge in [-0.25, -0.2) is 0 Å². The maximum Gasteiger partial charge on any atom is 0.245 e. The Kier molecular flexibility index (Phi) is 30.0. The molecule has 23 heteroatoms. The first kappa shape index (κ1) is 69.1. The largest absolute Gasteiger partial charge is 0.391 e. The zero-order valence-corrected chi connectivity index (χ0v) is 49.2. The quantitative estimate of drug-likeness (QED) is 0.131. The van der Waals surface area contributed by atoms with Crippen LogP contribution in [0.4, 0.5) is 0 Å². The normalized spacial score (nSPS) is 26.9. The van der Waals surface area contributed by atoms with Gasteiger partial charge in [0.2, 0.25) is 65.0 Å². The summed E-state index contributed by atoms with van der Waals surface area (Å²) >= 11 is 0. The van der Waals surface area contributed by atoms with Gasteiger partial charge in [0.05, 0.1) is 6.10 Å². The van der Waals surface area contributed by atoms with Crippen LogP contribution in [-0.4, -0.2) is 180 Å². The highest BCUT2D eigenvalue weighted by molar-refractivity contribution is 5.97. The Morgan fingerprint density at radius 2 is 0.805 bits per heavy atom. The molecule has 0 aliphatic carbocycles. The lowest BCUT2D eigenvalue weighted by molar-refractivity contribution is -0.145. The zero-order valence-electron chi connectivity index (χ0n) is 49.2. The SMILES string of the molecule is CC[C@@H](C)[C@@H]1NC(=O)CCNC(=O)[C@H]([C@H](C)CC)N(C)C(=O)[C@H](CC(C)C)NC(=O)CCNC(=O)[C@H](C(C)O)NC(=O)[C@@H]([C@H](C)CC)N(C)C(=O)C(CC(C)C)NC(=O)CCNC(=O)C(C)NC(=O)[C@H](C(C)C)N(C)C1=O. The van der Waals surface area contributed by atoms with Gasteiger partial charge >= 0.3 is 0 Å². The van der Waals surface area contributed by atoms with Gasteiger partial charge in [0, 0.05) is 60.0 Å². The zero-order chi connectivity index (χ0) is 59.2. The standard InChI is InChI=1S/C54H97N11O12/c1-18-32(10)42-54(77)63(15)44(31(8)9)50(73)58-35(13)47(70)55-24-21-39(67)60-38(28-30(6)7)53(76)65(17)46(34(12)20-3)51(74)62-43(36(14)66)48(71)56-25-22-40(68)59-37(27-29(4)5)52(75)64(16)45(33(11)19-2)49(72)57-26-23-41(69)61-42/h29-38,42-46,66H,18-28H2,1-17H3,(H,55,70)(H,56,71)(H,57,72)(H,58,73)(H,59,68)(H,60,67)(H,61,69)(H,62,74)/t32-,33-,34-,35?,36?,37+,38?,42+,43+,44+,45+,46-/m1/s1. The molecule has 1 fully saturated rings. The van der Waals surface area contributed by atoms with E-state index in [2.05, 4.69) is 42.5 Å². The fraction of sp³-hybridized carbons (Fsp3) is 0.796. The van der Waals surface area contributed by atoms with Crippen molar-refractivity contribution in [1.29, 1.82) is 0 Å². The minimum Gasteiger partial charge on any atom is -0.391 e. The van der Waals surface area contributed by atoms with E-state index in [0.29, 0.717) is 19.3 Å². The minimum atomic E-state index is -1.51. The molecule has 23 nitrogen and oxygen atoms in total. The van der Waals surface area contributed by atoms with Crippen LogP contribution in [0.3, 0.4) is 0 Å². The molecule has 11 amide bonds. The first-order valence-corrected chi connectivity index (χ1v) is 27.7. The highest BCUT2D eigenvalue weighted by Crippen LogP contribution is 2.21. The van der Waals surface area contributed by atoms with Gasteiger partial charge in [-0.2, -0.15) is 0 Å². The van der Waals surface area contributed by atoms with Crippen LogP contribution in [0, 0.1) is 35.5 Å². The van der Waals surface area contributed by atoms with E-state index < -0.39 is 131 Å². The van der Waals surface area contributed by atoms with Gasteiger partial charge in [-0.05, 0) is 62.2 Å². The van der Waals surface area contributed by atoms with E-state index in [0.717, 1.165) is 0 Å². The maximum atomic E-state index is 14.2. The number of aliphatic hydroxyl groups is 1. The summed E-state index contributed by atoms with van der Waals surface area (Å²) < 4.78 is 0. The Morgan fingerprint density at radius 1 is 0.442 bits per heavy atom. The van der Waals surface area contributed by atoms with Crippen LogP contribution in [0.15, 0.2) is 0 Å². The predicted molar refractivity (Wildman–Crippen MR) is 292 cm³/mol. The van der Waals surface area contributed by atoms with E-state index in [1.807, 2.05) is 48.5 Å². The van der Waals surface area contributed by atoms with E-state index in [4.69, 9.17) is 0 Å². The Hall–Kier alpha value is -5.87. The smallest absolute Gasteiger partial charge is 0.245 e. The third kappa shape index (κ3) is 21.8. The second kappa shape index (κ2) is 33.4. The van der Waals surface area contributed by atoms with Crippen molar-refractivity contribution in [1.82, 2.24) is 57.2 Å². The van der Waals surface area contributed by atoms with Crippen molar-refractivity contribution in [2.75, 3.05) is 40.8 Å². The Bertz CT molecular complexity index is 2020. The summed E-state index contributed by atoms with van der Waals surface area (Å²) in [6.07, 6.45) is -0.438. The molecular weight excluding hydrogens is 995 g/mol. The molecule has 440 valence electrons. The highest BCUT2D eigenvalue weighted by atomic mass is 16.3. The molecule has 0 aromatic heterocycles. The summed E-state index contributed by atoms with van der Waals surface area (Å²) in [5.41, 5.74) is 0. The fourth-order valence-electron chi connectivity index (χ4n) is 9.25. The highest BCUT2D eigenvalue weighted by Gasteiger charge is 2.40. The van der Waals surface area contributed by atoms with Crippen LogP contribution in [0.1, 0.15) is 148 Å². The predicted octanol–water partition coefficient (Wildman–Crippen LogP) is 0.711. The third-order valence-corrected chi connectivity index (χ3v) is 14.3. The molecule has 1 aliphatic rings. The Balaban J connectivity index is 3.76. The van der Waals surface area contributed by atoms with E-state index >= 15 is 0 Å². The molecule has 0 spiro atoms. The monoisotopic (exact) mass is 1090 g/mol. The van der Waals surface area contributed by atoms with Crippen LogP contribution in [0.5, 0.6) is 0 Å². The lowest BCUT2D eigenvalue weighted by atomic mass is 9.94. The van der Waals surface area contributed by atoms with Crippen molar-refractivity contribution in [3.05, 3.63) is 0 Å². The van der Waals surface area contributed by atoms with E-state index in [9.17, 15) is 57.8 Å². The van der Waals surface area contributed by atoms with Crippen molar-refractivity contribution in [3.63, 3.8) is 0 Å². The average Bonchev–Trinajstić information content (AvgIpc) is 3.34. The Labute approximate surface area is 457 Å². The van der Waals surface area contributed by atoms with Crippen molar-refractivity contribution in [3.8, 4) is 0 Å². The molecule has 0 radical (unpaired) electrons. The number of carbonyl (C=O) groups is 11. The van der Waals surface area contributed by atoms with E-state index in [-0.39, 0.29) is 75.4 Å². The van der Waals surface area contributed by atoms with Gasteiger partial charge in [0.15, 0.2) is 0 Å². The second-order valence-electron chi connectivity index (χ2n) is 22.2. The van der Waals surface area contributed by atoms with Gasteiger partial charge < -0.3 is 62.3 Å². The molecule has 9 N–H and O–H groups in total. The summed E-state index contributed by atoms with van der Waals surface area (Å²) in [6.45, 7) is 23.9. The van der Waals surface area contributed by atoms with E-state index in [1.165, 1.54) is 49.7 Å². The van der Waals surface area contributed by atoms with Gasteiger partial charge in [-0.3, -0.25) is 52.7 Å². The number of nitrogens with zero attached hydrogens (tertiary/aromatic N) is 3. The summed E-state index contributed by atoms with van der Waals surface area (Å²) in [4.78, 5) is 156. The Morgan fingerprint density at radius 3 is 1.19 bits per heavy atom. The minimum absolute atomic E-state index is 0.0816. The van der Waals surface area contributed by atoms with Crippen LogP contribution in [0.2, 0.25) is 0 Å². The van der Waals surface area contributed by atoms with Gasteiger partial charge in [-0.1, -0.05) is 102 Å². The number of carbonyl (C=O) groups excluding carboxylic acids is 11. The van der Waals surface area contributed by atoms with Crippen LogP contribution in [0.25, 0.3) is 0 Å². The van der Waals surface area contributed by atoms with Crippen molar-refractivity contribution in [2.24, 2.45) is 35.5 Å². The average molecular weight is 1090 g/mol. The van der Waals surface area contributed by atoms with Gasteiger partial charge in [-0.15, -0.1) is 0 Å². The molecule has 1 rings (SSSR count). The number of likely N-dealkylation sites (N-methyl/N-ethyl adjacent to an activating group) is 3. The summed E-state index contributed by atoms with van der Waals surface area (Å²) in [5, 5.41) is 32.3. The molecule has 0 aromatic carbocycles. The number of rotatable bonds is 12. The van der Waals surface area contributed by atoms with Crippen molar-refractivity contribution >= 4 is 65.0 Å². The molecule has 0 bridgehead atoms. The number of hydrogen-bond donors (Lipinski definition) is 9. The lowest BCUT2D eigenvalue weighted by Crippen LogP contribution is -2.61. The molecule has 1 aliphatic heterocycles. The fourth-order valence-corrected chi connectivity index (χ4v) is 9.25. The van der Waals surface area contributed by atoms with Gasteiger partial charge in [0.25, 0.3) is 0 Å². The molecule has 77 heavy (non-hydrogen) atoms. The molecule has 12 atom stereocenters. The number of hydrogen-bond acceptors (Lipinski definition) is 12. The summed E-state index contributed by atoms with van der Waals surface area (Å²) in [7, 11) is 4.32. The summed E-state index contributed by atoms with van der Waals surface area (Å²) in [5.74, 6) is -8.66. The number of aliphatic hydroxyl groups excluding tert-OH is 1. The lowest BCUT2D eigenvalue weighted by Gasteiger charge is -2.35. The van der Waals surface area contributed by atoms with Crippen LogP contribution >= 0.6 is 0 Å².